The second-order valence-corrected chi connectivity index (χ2v) is 17.9. The molecule has 2 N–H and O–H groups in total. The minimum atomic E-state index is -1.79. The summed E-state index contributed by atoms with van der Waals surface area (Å²) in [5.74, 6) is 0. The summed E-state index contributed by atoms with van der Waals surface area (Å²) in [5.41, 5.74) is 10.0. The Morgan fingerprint density at radius 3 is 1.32 bits per heavy atom. The molecule has 5 aromatic rings. The summed E-state index contributed by atoms with van der Waals surface area (Å²) in [5, 5.41) is 9.07. The van der Waals surface area contributed by atoms with E-state index < -0.39 is 8.07 Å². The quantitative estimate of drug-likeness (QED) is 0.216. The van der Waals surface area contributed by atoms with E-state index in [2.05, 4.69) is 133 Å². The van der Waals surface area contributed by atoms with Gasteiger partial charge in [0, 0.05) is 30.7 Å². The molecule has 0 saturated heterocycles. The lowest BCUT2D eigenvalue weighted by Gasteiger charge is -2.30. The maximum atomic E-state index is 3.79. The Hall–Kier alpha value is -3.38. The highest BCUT2D eigenvalue weighted by atomic mass is 32.2. The predicted octanol–water partition coefficient (Wildman–Crippen LogP) is 9.98. The third kappa shape index (κ3) is 3.97. The number of anilines is 4. The molecule has 7 rings (SSSR count). The van der Waals surface area contributed by atoms with Crippen LogP contribution in [0.25, 0.3) is 22.3 Å². The molecule has 0 atom stereocenters. The van der Waals surface area contributed by atoms with Crippen molar-refractivity contribution in [2.24, 2.45) is 0 Å². The van der Waals surface area contributed by atoms with E-state index in [1.807, 2.05) is 23.5 Å². The molecule has 0 spiro atoms. The van der Waals surface area contributed by atoms with Crippen molar-refractivity contribution in [2.75, 3.05) is 10.6 Å². The molecule has 0 aromatic heterocycles. The summed E-state index contributed by atoms with van der Waals surface area (Å²) in [4.78, 5) is 5.10. The average molecular weight is 545 g/mol. The van der Waals surface area contributed by atoms with Crippen LogP contribution in [-0.2, 0) is 0 Å². The number of benzene rings is 5. The summed E-state index contributed by atoms with van der Waals surface area (Å²) < 4.78 is 0. The Balaban J connectivity index is 1.42. The third-order valence-electron chi connectivity index (χ3n) is 7.18. The molecule has 0 unspecified atom stereocenters. The van der Waals surface area contributed by atoms with E-state index in [-0.39, 0.29) is 0 Å². The smallest absolute Gasteiger partial charge is 0.0792 e. The van der Waals surface area contributed by atoms with Crippen LogP contribution in [-0.4, -0.2) is 8.07 Å². The number of hydrogen-bond acceptors (Lipinski definition) is 4. The van der Waals surface area contributed by atoms with Crippen molar-refractivity contribution in [3.8, 4) is 22.3 Å². The standard InChI is InChI=1S/C33H28N2S2Si/c1-38(2,3)33-23(21-11-9-19-29-31(21)34-25-15-4-6-17-27(25)36-29)13-8-14-24(33)22-12-10-20-30-32(22)35-26-16-5-7-18-28(26)37-30/h4-20,34-35H,1-3H3. The SMILES string of the molecule is C[Si](C)(C)c1c(-c2cccc3c2Nc2ccccc2S3)cccc1-c1cccc2c1Nc1ccccc1S2. The molecular weight excluding hydrogens is 517 g/mol. The fraction of sp³-hybridized carbons (Fsp3) is 0.0909. The zero-order chi connectivity index (χ0) is 25.9. The van der Waals surface area contributed by atoms with Crippen molar-refractivity contribution >= 4 is 59.5 Å². The molecule has 2 nitrogen and oxygen atoms in total. The van der Waals surface area contributed by atoms with Crippen molar-refractivity contribution in [1.29, 1.82) is 0 Å². The van der Waals surface area contributed by atoms with Crippen LogP contribution in [0.1, 0.15) is 0 Å². The first-order chi connectivity index (χ1) is 18.5. The Morgan fingerprint density at radius 1 is 0.447 bits per heavy atom. The first kappa shape index (κ1) is 23.7. The van der Waals surface area contributed by atoms with Crippen LogP contribution in [0.5, 0.6) is 0 Å². The van der Waals surface area contributed by atoms with Gasteiger partial charge in [-0.25, -0.2) is 0 Å². The minimum absolute atomic E-state index is 1.18. The zero-order valence-corrected chi connectivity index (χ0v) is 24.3. The molecule has 186 valence electrons. The largest absolute Gasteiger partial charge is 0.353 e. The molecule has 0 radical (unpaired) electrons. The molecule has 2 aliphatic heterocycles. The molecular formula is C33H28N2S2Si. The van der Waals surface area contributed by atoms with Crippen LogP contribution < -0.4 is 15.8 Å². The van der Waals surface area contributed by atoms with E-state index in [1.54, 1.807) is 0 Å². The van der Waals surface area contributed by atoms with Gasteiger partial charge in [0.15, 0.2) is 0 Å². The molecule has 0 aliphatic carbocycles. The highest BCUT2D eigenvalue weighted by molar-refractivity contribution is 8.00. The lowest BCUT2D eigenvalue weighted by atomic mass is 9.96. The van der Waals surface area contributed by atoms with Crippen molar-refractivity contribution < 1.29 is 0 Å². The zero-order valence-electron chi connectivity index (χ0n) is 21.6. The van der Waals surface area contributed by atoms with Crippen LogP contribution in [0.2, 0.25) is 19.6 Å². The van der Waals surface area contributed by atoms with Crippen molar-refractivity contribution in [3.63, 3.8) is 0 Å². The topological polar surface area (TPSA) is 24.1 Å². The molecule has 5 heteroatoms. The van der Waals surface area contributed by atoms with Crippen molar-refractivity contribution in [1.82, 2.24) is 0 Å². The average Bonchev–Trinajstić information content (AvgIpc) is 2.93. The van der Waals surface area contributed by atoms with Gasteiger partial charge in [0.05, 0.1) is 30.8 Å². The summed E-state index contributed by atoms with van der Waals surface area (Å²) >= 11 is 3.71. The molecule has 0 saturated carbocycles. The van der Waals surface area contributed by atoms with Gasteiger partial charge in [0.25, 0.3) is 0 Å². The van der Waals surface area contributed by atoms with E-state index >= 15 is 0 Å². The molecule has 5 aromatic carbocycles. The van der Waals surface area contributed by atoms with Gasteiger partial charge in [-0.1, -0.05) is 110 Å². The summed E-state index contributed by atoms with van der Waals surface area (Å²) in [6.07, 6.45) is 0. The van der Waals surface area contributed by atoms with Gasteiger partial charge in [-0.15, -0.1) is 0 Å². The monoisotopic (exact) mass is 544 g/mol. The summed E-state index contributed by atoms with van der Waals surface area (Å²) in [6.45, 7) is 7.40. The third-order valence-corrected chi connectivity index (χ3v) is 11.5. The molecule has 2 aliphatic rings. The van der Waals surface area contributed by atoms with Crippen molar-refractivity contribution in [3.05, 3.63) is 103 Å². The van der Waals surface area contributed by atoms with Gasteiger partial charge >= 0.3 is 0 Å². The number of rotatable bonds is 3. The second-order valence-electron chi connectivity index (χ2n) is 10.8. The first-order valence-corrected chi connectivity index (χ1v) is 18.1. The molecule has 0 fully saturated rings. The molecule has 0 amide bonds. The van der Waals surface area contributed by atoms with Gasteiger partial charge < -0.3 is 10.6 Å². The predicted molar refractivity (Wildman–Crippen MR) is 168 cm³/mol. The minimum Gasteiger partial charge on any atom is -0.353 e. The maximum Gasteiger partial charge on any atom is 0.0792 e. The summed E-state index contributed by atoms with van der Waals surface area (Å²) in [6, 6.07) is 37.5. The molecule has 38 heavy (non-hydrogen) atoms. The molecule has 2 heterocycles. The fourth-order valence-electron chi connectivity index (χ4n) is 5.57. The normalized spacial score (nSPS) is 13.3. The number of nitrogens with one attached hydrogen (secondary N) is 2. The van der Waals surface area contributed by atoms with Crippen LogP contribution in [0, 0.1) is 0 Å². The van der Waals surface area contributed by atoms with Crippen LogP contribution in [0.4, 0.5) is 22.7 Å². The van der Waals surface area contributed by atoms with E-state index in [0.29, 0.717) is 0 Å². The highest BCUT2D eigenvalue weighted by Gasteiger charge is 2.29. The van der Waals surface area contributed by atoms with E-state index in [4.69, 9.17) is 0 Å². The molecule has 0 bridgehead atoms. The van der Waals surface area contributed by atoms with E-state index in [1.165, 1.54) is 69.8 Å². The van der Waals surface area contributed by atoms with E-state index in [0.717, 1.165) is 0 Å². The Labute approximate surface area is 233 Å². The Morgan fingerprint density at radius 2 is 0.842 bits per heavy atom. The van der Waals surface area contributed by atoms with Crippen LogP contribution in [0.3, 0.4) is 0 Å². The first-order valence-electron chi connectivity index (χ1n) is 13.0. The number of hydrogen-bond donors (Lipinski definition) is 2. The van der Waals surface area contributed by atoms with Gasteiger partial charge in [-0.05, 0) is 52.7 Å². The Kier molecular flexibility index (Phi) is 5.69. The second kappa shape index (κ2) is 9.12. The fourth-order valence-corrected chi connectivity index (χ4v) is 9.67. The van der Waals surface area contributed by atoms with Gasteiger partial charge in [-0.3, -0.25) is 0 Å². The van der Waals surface area contributed by atoms with Gasteiger partial charge in [0.2, 0.25) is 0 Å². The van der Waals surface area contributed by atoms with Crippen LogP contribution in [0.15, 0.2) is 123 Å². The van der Waals surface area contributed by atoms with Crippen molar-refractivity contribution in [2.45, 2.75) is 39.2 Å². The Bertz CT molecular complexity index is 1600. The van der Waals surface area contributed by atoms with Gasteiger partial charge in [-0.2, -0.15) is 0 Å². The lowest BCUT2D eigenvalue weighted by Crippen LogP contribution is -2.40. The van der Waals surface area contributed by atoms with E-state index in [9.17, 15) is 0 Å². The van der Waals surface area contributed by atoms with Gasteiger partial charge in [0.1, 0.15) is 0 Å². The summed E-state index contributed by atoms with van der Waals surface area (Å²) in [7, 11) is -1.79. The van der Waals surface area contributed by atoms with Crippen LogP contribution >= 0.6 is 23.5 Å². The number of para-hydroxylation sites is 4. The maximum absolute atomic E-state index is 3.79. The lowest BCUT2D eigenvalue weighted by molar-refractivity contribution is 1.31. The number of fused-ring (bicyclic) bond motifs is 4. The highest BCUT2D eigenvalue weighted by Crippen LogP contribution is 2.50.